The number of benzene rings is 3. The first-order valence-corrected chi connectivity index (χ1v) is 14.7. The van der Waals surface area contributed by atoms with E-state index in [4.69, 9.17) is 39.5 Å². The third-order valence-corrected chi connectivity index (χ3v) is 8.09. The largest absolute Gasteiger partial charge is 0.497 e. The Bertz CT molecular complexity index is 1440. The molecule has 208 valence electrons. The van der Waals surface area contributed by atoms with Crippen LogP contribution in [0.1, 0.15) is 11.1 Å². The summed E-state index contributed by atoms with van der Waals surface area (Å²) in [4.78, 5) is 28.5. The normalized spacial score (nSPS) is 11.9. The SMILES string of the molecule is CNC(=O)[C@@H](Cc1ccccc1)N(Cc1cccc(OC)c1)C(=O)CN(c1cc(Cl)c(Cl)cc1Cl)S(C)(=O)=O. The fourth-order valence-corrected chi connectivity index (χ4v) is 5.53. The molecule has 0 unspecified atom stereocenters. The van der Waals surface area contributed by atoms with Gasteiger partial charge in [0.2, 0.25) is 21.8 Å². The molecule has 0 radical (unpaired) electrons. The number of carbonyl (C=O) groups is 2. The van der Waals surface area contributed by atoms with Crippen molar-refractivity contribution in [1.82, 2.24) is 10.2 Å². The minimum absolute atomic E-state index is 0.00546. The second-order valence-corrected chi connectivity index (χ2v) is 11.8. The number of nitrogens with one attached hydrogen (secondary N) is 1. The van der Waals surface area contributed by atoms with E-state index in [1.165, 1.54) is 31.2 Å². The number of amides is 2. The highest BCUT2D eigenvalue weighted by molar-refractivity contribution is 7.92. The fraction of sp³-hybridized carbons (Fsp3) is 0.259. The average molecular weight is 613 g/mol. The number of halogens is 3. The lowest BCUT2D eigenvalue weighted by atomic mass is 10.0. The molecule has 2 amide bonds. The maximum absolute atomic E-state index is 14.0. The summed E-state index contributed by atoms with van der Waals surface area (Å²) in [7, 11) is -1.01. The number of methoxy groups -OCH3 is 1. The molecule has 8 nitrogen and oxygen atoms in total. The van der Waals surface area contributed by atoms with Crippen molar-refractivity contribution in [3.05, 3.63) is 92.9 Å². The minimum Gasteiger partial charge on any atom is -0.497 e. The van der Waals surface area contributed by atoms with Gasteiger partial charge in [-0.2, -0.15) is 0 Å². The molecule has 3 aromatic carbocycles. The van der Waals surface area contributed by atoms with E-state index >= 15 is 0 Å². The van der Waals surface area contributed by atoms with Crippen LogP contribution in [0, 0.1) is 0 Å². The van der Waals surface area contributed by atoms with E-state index in [0.717, 1.165) is 16.1 Å². The molecule has 0 bridgehead atoms. The molecule has 0 aromatic heterocycles. The van der Waals surface area contributed by atoms with Gasteiger partial charge in [-0.3, -0.25) is 13.9 Å². The van der Waals surface area contributed by atoms with E-state index in [2.05, 4.69) is 5.32 Å². The van der Waals surface area contributed by atoms with Gasteiger partial charge in [-0.1, -0.05) is 77.3 Å². The summed E-state index contributed by atoms with van der Waals surface area (Å²) >= 11 is 18.5. The van der Waals surface area contributed by atoms with Gasteiger partial charge in [0.1, 0.15) is 18.3 Å². The molecule has 0 saturated carbocycles. The number of hydrogen-bond acceptors (Lipinski definition) is 5. The van der Waals surface area contributed by atoms with E-state index in [-0.39, 0.29) is 33.7 Å². The molecule has 3 aromatic rings. The van der Waals surface area contributed by atoms with Crippen molar-refractivity contribution in [2.75, 3.05) is 31.3 Å². The number of rotatable bonds is 11. The standard InChI is InChI=1S/C27H28Cl3N3O5S/c1-31-27(35)25(13-18-8-5-4-6-9-18)32(16-19-10-7-11-20(12-19)38-2)26(34)17-33(39(3,36)37)24-15-22(29)21(28)14-23(24)30/h4-12,14-15,25H,13,16-17H2,1-3H3,(H,31,35)/t25-/m1/s1. The number of nitrogens with zero attached hydrogens (tertiary/aromatic N) is 2. The van der Waals surface area contributed by atoms with Crippen molar-refractivity contribution in [2.45, 2.75) is 19.0 Å². The predicted octanol–water partition coefficient (Wildman–Crippen LogP) is 4.81. The molecule has 0 spiro atoms. The smallest absolute Gasteiger partial charge is 0.244 e. The molecule has 0 aliphatic heterocycles. The Morgan fingerprint density at radius 1 is 0.923 bits per heavy atom. The van der Waals surface area contributed by atoms with E-state index in [9.17, 15) is 18.0 Å². The van der Waals surface area contributed by atoms with Gasteiger partial charge >= 0.3 is 0 Å². The van der Waals surface area contributed by atoms with Gasteiger partial charge in [0, 0.05) is 20.0 Å². The zero-order valence-corrected chi connectivity index (χ0v) is 24.6. The van der Waals surface area contributed by atoms with Crippen LogP contribution in [-0.4, -0.2) is 58.1 Å². The van der Waals surface area contributed by atoms with Crippen LogP contribution in [0.25, 0.3) is 0 Å². The Kier molecular flexibility index (Phi) is 10.5. The van der Waals surface area contributed by atoms with Gasteiger partial charge in [-0.25, -0.2) is 8.42 Å². The van der Waals surface area contributed by atoms with Crippen molar-refractivity contribution in [1.29, 1.82) is 0 Å². The Morgan fingerprint density at radius 2 is 1.56 bits per heavy atom. The zero-order chi connectivity index (χ0) is 28.7. The van der Waals surface area contributed by atoms with Crippen LogP contribution in [0.2, 0.25) is 15.1 Å². The van der Waals surface area contributed by atoms with E-state index in [0.29, 0.717) is 11.3 Å². The number of anilines is 1. The van der Waals surface area contributed by atoms with Crippen molar-refractivity contribution in [2.24, 2.45) is 0 Å². The summed E-state index contributed by atoms with van der Waals surface area (Å²) in [5.74, 6) is -0.469. The Morgan fingerprint density at radius 3 is 2.18 bits per heavy atom. The molecule has 39 heavy (non-hydrogen) atoms. The van der Waals surface area contributed by atoms with Crippen LogP contribution in [-0.2, 0) is 32.6 Å². The third-order valence-electron chi connectivity index (χ3n) is 5.94. The first-order valence-electron chi connectivity index (χ1n) is 11.7. The van der Waals surface area contributed by atoms with Gasteiger partial charge in [-0.05, 0) is 35.4 Å². The Labute approximate surface area is 243 Å². The fourth-order valence-electron chi connectivity index (χ4n) is 3.99. The summed E-state index contributed by atoms with van der Waals surface area (Å²) in [5.41, 5.74) is 1.49. The van der Waals surface area contributed by atoms with Gasteiger partial charge in [-0.15, -0.1) is 0 Å². The van der Waals surface area contributed by atoms with Crippen LogP contribution in [0.3, 0.4) is 0 Å². The second kappa shape index (κ2) is 13.4. The van der Waals surface area contributed by atoms with Crippen molar-refractivity contribution >= 4 is 62.3 Å². The molecule has 1 N–H and O–H groups in total. The number of hydrogen-bond donors (Lipinski definition) is 1. The van der Waals surface area contributed by atoms with E-state index in [1.54, 1.807) is 24.3 Å². The summed E-state index contributed by atoms with van der Waals surface area (Å²) < 4.78 is 31.9. The van der Waals surface area contributed by atoms with Crippen molar-refractivity contribution in [3.63, 3.8) is 0 Å². The summed E-state index contributed by atoms with van der Waals surface area (Å²) in [6.07, 6.45) is 1.15. The number of sulfonamides is 1. The van der Waals surface area contributed by atoms with Crippen LogP contribution in [0.4, 0.5) is 5.69 Å². The molecule has 0 saturated heterocycles. The molecule has 3 rings (SSSR count). The van der Waals surface area contributed by atoms with E-state index < -0.39 is 34.4 Å². The monoisotopic (exact) mass is 611 g/mol. The van der Waals surface area contributed by atoms with Crippen LogP contribution in [0.15, 0.2) is 66.7 Å². The molecule has 0 aliphatic rings. The molecule has 1 atom stereocenters. The minimum atomic E-state index is -4.01. The summed E-state index contributed by atoms with van der Waals surface area (Å²) in [6, 6.07) is 17.9. The maximum atomic E-state index is 14.0. The Hall–Kier alpha value is -2.98. The zero-order valence-electron chi connectivity index (χ0n) is 21.5. The topological polar surface area (TPSA) is 96.0 Å². The Balaban J connectivity index is 2.08. The molecule has 12 heteroatoms. The van der Waals surface area contributed by atoms with Crippen LogP contribution < -0.4 is 14.4 Å². The third kappa shape index (κ3) is 8.02. The number of ether oxygens (including phenoxy) is 1. The molecular formula is C27H28Cl3N3O5S. The lowest BCUT2D eigenvalue weighted by Crippen LogP contribution is -2.52. The molecule has 0 fully saturated rings. The molecular weight excluding hydrogens is 585 g/mol. The van der Waals surface area contributed by atoms with Crippen molar-refractivity contribution in [3.8, 4) is 5.75 Å². The lowest BCUT2D eigenvalue weighted by molar-refractivity contribution is -0.139. The van der Waals surface area contributed by atoms with Gasteiger partial charge in [0.05, 0.1) is 34.1 Å². The van der Waals surface area contributed by atoms with Crippen LogP contribution in [0.5, 0.6) is 5.75 Å². The predicted molar refractivity (Wildman–Crippen MR) is 155 cm³/mol. The molecule has 0 aliphatic carbocycles. The maximum Gasteiger partial charge on any atom is 0.244 e. The first-order chi connectivity index (χ1) is 18.4. The summed E-state index contributed by atoms with van der Waals surface area (Å²) in [6.45, 7) is -0.629. The van der Waals surface area contributed by atoms with E-state index in [1.807, 2.05) is 30.3 Å². The average Bonchev–Trinajstić information content (AvgIpc) is 2.91. The van der Waals surface area contributed by atoms with Crippen LogP contribution >= 0.6 is 34.8 Å². The quantitative estimate of drug-likeness (QED) is 0.314. The van der Waals surface area contributed by atoms with Gasteiger partial charge in [0.25, 0.3) is 0 Å². The summed E-state index contributed by atoms with van der Waals surface area (Å²) in [5, 5.41) is 2.82. The van der Waals surface area contributed by atoms with Gasteiger partial charge in [0.15, 0.2) is 0 Å². The number of likely N-dealkylation sites (N-methyl/N-ethyl adjacent to an activating group) is 1. The highest BCUT2D eigenvalue weighted by Gasteiger charge is 2.33. The first kappa shape index (κ1) is 30.6. The van der Waals surface area contributed by atoms with Gasteiger partial charge < -0.3 is 15.0 Å². The second-order valence-electron chi connectivity index (χ2n) is 8.68. The van der Waals surface area contributed by atoms with Crippen molar-refractivity contribution < 1.29 is 22.7 Å². The lowest BCUT2D eigenvalue weighted by Gasteiger charge is -2.33. The highest BCUT2D eigenvalue weighted by Crippen LogP contribution is 2.35. The molecule has 0 heterocycles. The highest BCUT2D eigenvalue weighted by atomic mass is 35.5. The number of carbonyl (C=O) groups excluding carboxylic acids is 2.